The molecular formula is C29H41BrN6O4S. The van der Waals surface area contributed by atoms with E-state index in [1.165, 1.54) is 0 Å². The topological polar surface area (TPSA) is 118 Å². The van der Waals surface area contributed by atoms with Crippen LogP contribution in [0.4, 0.5) is 17.5 Å². The van der Waals surface area contributed by atoms with Crippen LogP contribution in [0.2, 0.25) is 0 Å². The number of benzene rings is 1. The molecular weight excluding hydrogens is 608 g/mol. The van der Waals surface area contributed by atoms with Crippen LogP contribution >= 0.6 is 15.9 Å². The molecule has 2 aromatic rings. The molecule has 3 unspecified atom stereocenters. The summed E-state index contributed by atoms with van der Waals surface area (Å²) >= 11 is 3.51. The second-order valence-electron chi connectivity index (χ2n) is 10.6. The number of allylic oxidation sites excluding steroid dienone is 2. The zero-order valence-electron chi connectivity index (χ0n) is 24.1. The van der Waals surface area contributed by atoms with Crippen molar-refractivity contribution in [3.63, 3.8) is 0 Å². The normalized spacial score (nSPS) is 20.9. The van der Waals surface area contributed by atoms with Gasteiger partial charge >= 0.3 is 0 Å². The van der Waals surface area contributed by atoms with Crippen molar-refractivity contribution in [3.8, 4) is 11.5 Å². The second kappa shape index (κ2) is 14.5. The van der Waals surface area contributed by atoms with Gasteiger partial charge in [0.25, 0.3) is 0 Å². The van der Waals surface area contributed by atoms with Gasteiger partial charge in [0.15, 0.2) is 9.84 Å². The first-order valence-electron chi connectivity index (χ1n) is 14.2. The maximum Gasteiger partial charge on any atom is 0.229 e. The fourth-order valence-corrected chi connectivity index (χ4v) is 6.62. The predicted octanol–water partition coefficient (Wildman–Crippen LogP) is 4.75. The highest BCUT2D eigenvalue weighted by molar-refractivity contribution is 9.10. The number of sulfone groups is 1. The van der Waals surface area contributed by atoms with E-state index in [2.05, 4.69) is 53.7 Å². The van der Waals surface area contributed by atoms with Crippen molar-refractivity contribution >= 4 is 43.2 Å². The molecule has 4 rings (SSSR count). The van der Waals surface area contributed by atoms with E-state index in [4.69, 9.17) is 9.47 Å². The van der Waals surface area contributed by atoms with E-state index >= 15 is 0 Å². The van der Waals surface area contributed by atoms with E-state index < -0.39 is 21.1 Å². The Labute approximate surface area is 252 Å². The Bertz CT molecular complexity index is 1340. The number of ether oxygens (including phenoxy) is 2. The van der Waals surface area contributed by atoms with Gasteiger partial charge in [-0.05, 0) is 60.4 Å². The molecule has 2 aliphatic rings. The van der Waals surface area contributed by atoms with Crippen molar-refractivity contribution in [2.24, 2.45) is 5.92 Å². The van der Waals surface area contributed by atoms with Crippen LogP contribution in [-0.4, -0.2) is 79.3 Å². The first-order valence-corrected chi connectivity index (χ1v) is 16.7. The quantitative estimate of drug-likeness (QED) is 0.265. The number of nitrogens with one attached hydrogen (secondary N) is 3. The van der Waals surface area contributed by atoms with Crippen molar-refractivity contribution in [1.82, 2.24) is 20.2 Å². The van der Waals surface area contributed by atoms with Gasteiger partial charge in [-0.2, -0.15) is 4.98 Å². The average Bonchev–Trinajstić information content (AvgIpc) is 3.39. The zero-order valence-corrected chi connectivity index (χ0v) is 26.5. The maximum absolute atomic E-state index is 13.2. The third kappa shape index (κ3) is 8.67. The van der Waals surface area contributed by atoms with Gasteiger partial charge in [0.05, 0.1) is 28.7 Å². The molecule has 12 heteroatoms. The molecule has 0 radical (unpaired) electrons. The minimum Gasteiger partial charge on any atom is -0.492 e. The Hall–Kier alpha value is -2.67. The van der Waals surface area contributed by atoms with Gasteiger partial charge in [-0.1, -0.05) is 45.1 Å². The summed E-state index contributed by atoms with van der Waals surface area (Å²) in [4.78, 5) is 11.4. The molecule has 0 saturated carbocycles. The lowest BCUT2D eigenvalue weighted by atomic mass is 10.1. The number of likely N-dealkylation sites (tertiary alicyclic amines) is 1. The fraction of sp³-hybridized carbons (Fsp3) is 0.517. The lowest BCUT2D eigenvalue weighted by molar-refractivity contribution is 0.201. The van der Waals surface area contributed by atoms with E-state index in [0.29, 0.717) is 46.7 Å². The van der Waals surface area contributed by atoms with E-state index in [1.54, 1.807) is 18.3 Å². The molecule has 1 aromatic carbocycles. The molecule has 0 bridgehead atoms. The Morgan fingerprint density at radius 3 is 2.73 bits per heavy atom. The Morgan fingerprint density at radius 1 is 1.20 bits per heavy atom. The minimum atomic E-state index is -3.47. The molecule has 10 nitrogen and oxygen atoms in total. The highest BCUT2D eigenvalue weighted by Gasteiger charge is 2.32. The smallest absolute Gasteiger partial charge is 0.229 e. The molecule has 1 aliphatic heterocycles. The number of halogens is 1. The number of nitrogens with zero attached hydrogens (tertiary/aromatic N) is 3. The summed E-state index contributed by atoms with van der Waals surface area (Å²) in [6, 6.07) is 5.20. The standard InChI is InChI=1S/C29H41BrN6O4S/c1-5-36-14-13-22(18-36)40-21-11-12-24(26(15-21)39-6-2)34-29-32-17-23(30)28(35-29)33-25-9-7-8-10-27(25)41(37,38)19-31-16-20(3)4/h7-12,15,17,20,22,25,27,31H,5-6,13-14,16,18-19H2,1-4H3,(H2,32,33,34,35). The SMILES string of the molecule is CCOc1cc(OC2CCN(CC)C2)ccc1Nc1ncc(Br)c(NC2C=CC=CC2S(=O)(=O)CNCC(C)C)n1. The van der Waals surface area contributed by atoms with Gasteiger partial charge in [0.1, 0.15) is 28.7 Å². The van der Waals surface area contributed by atoms with Gasteiger partial charge in [-0.15, -0.1) is 0 Å². The Balaban J connectivity index is 1.48. The molecule has 0 amide bonds. The van der Waals surface area contributed by atoms with Crippen LogP contribution in [-0.2, 0) is 9.84 Å². The van der Waals surface area contributed by atoms with Crippen molar-refractivity contribution in [3.05, 3.63) is 53.2 Å². The number of hydrogen-bond donors (Lipinski definition) is 3. The molecule has 0 spiro atoms. The lowest BCUT2D eigenvalue weighted by Gasteiger charge is -2.26. The highest BCUT2D eigenvalue weighted by Crippen LogP contribution is 2.33. The summed E-state index contributed by atoms with van der Waals surface area (Å²) < 4.78 is 39.1. The molecule has 1 aromatic heterocycles. The summed E-state index contributed by atoms with van der Waals surface area (Å²) in [5.74, 6) is 2.47. The number of likely N-dealkylation sites (N-methyl/N-ethyl adjacent to an activating group) is 1. The number of aromatic nitrogens is 2. The average molecular weight is 650 g/mol. The number of hydrogen-bond acceptors (Lipinski definition) is 10. The van der Waals surface area contributed by atoms with Crippen LogP contribution in [0, 0.1) is 5.92 Å². The second-order valence-corrected chi connectivity index (χ2v) is 13.6. The van der Waals surface area contributed by atoms with Crippen molar-refractivity contribution in [2.45, 2.75) is 51.5 Å². The van der Waals surface area contributed by atoms with Crippen molar-refractivity contribution < 1.29 is 17.9 Å². The van der Waals surface area contributed by atoms with Gasteiger partial charge < -0.3 is 25.4 Å². The maximum atomic E-state index is 13.2. The highest BCUT2D eigenvalue weighted by atomic mass is 79.9. The summed E-state index contributed by atoms with van der Waals surface area (Å²) in [5.41, 5.74) is 0.700. The summed E-state index contributed by atoms with van der Waals surface area (Å²) in [5, 5.41) is 8.85. The fourth-order valence-electron chi connectivity index (χ4n) is 4.78. The molecule has 2 heterocycles. The van der Waals surface area contributed by atoms with Gasteiger partial charge in [-0.25, -0.2) is 13.4 Å². The van der Waals surface area contributed by atoms with E-state index in [9.17, 15) is 8.42 Å². The Morgan fingerprint density at radius 2 is 2.00 bits per heavy atom. The largest absolute Gasteiger partial charge is 0.492 e. The molecule has 41 heavy (non-hydrogen) atoms. The van der Waals surface area contributed by atoms with E-state index in [0.717, 1.165) is 31.8 Å². The molecule has 3 N–H and O–H groups in total. The summed E-state index contributed by atoms with van der Waals surface area (Å²) in [7, 11) is -3.47. The van der Waals surface area contributed by atoms with Crippen molar-refractivity contribution in [1.29, 1.82) is 0 Å². The molecule has 1 saturated heterocycles. The molecule has 1 aliphatic carbocycles. The summed E-state index contributed by atoms with van der Waals surface area (Å²) in [6.07, 6.45) is 9.94. The molecule has 3 atom stereocenters. The van der Waals surface area contributed by atoms with Gasteiger partial charge in [-0.3, -0.25) is 4.90 Å². The van der Waals surface area contributed by atoms with Crippen LogP contribution < -0.4 is 25.4 Å². The molecule has 224 valence electrons. The molecule has 1 fully saturated rings. The van der Waals surface area contributed by atoms with E-state index in [1.807, 2.05) is 51.1 Å². The van der Waals surface area contributed by atoms with Crippen LogP contribution in [0.1, 0.15) is 34.1 Å². The first kappa shape index (κ1) is 31.3. The van der Waals surface area contributed by atoms with Gasteiger partial charge in [0.2, 0.25) is 5.95 Å². The predicted molar refractivity (Wildman–Crippen MR) is 168 cm³/mol. The van der Waals surface area contributed by atoms with Crippen molar-refractivity contribution in [2.75, 3.05) is 49.3 Å². The van der Waals surface area contributed by atoms with Crippen LogP contribution in [0.3, 0.4) is 0 Å². The Kier molecular flexibility index (Phi) is 11.0. The lowest BCUT2D eigenvalue weighted by Crippen LogP contribution is -2.42. The zero-order chi connectivity index (χ0) is 29.4. The van der Waals surface area contributed by atoms with Gasteiger partial charge in [0, 0.05) is 25.4 Å². The third-order valence-corrected chi connectivity index (χ3v) is 9.35. The first-order chi connectivity index (χ1) is 19.7. The summed E-state index contributed by atoms with van der Waals surface area (Å²) in [6.45, 7) is 12.3. The van der Waals surface area contributed by atoms with E-state index in [-0.39, 0.29) is 12.0 Å². The van der Waals surface area contributed by atoms with Crippen LogP contribution in [0.15, 0.2) is 53.2 Å². The third-order valence-electron chi connectivity index (χ3n) is 6.88. The van der Waals surface area contributed by atoms with Crippen LogP contribution in [0.25, 0.3) is 0 Å². The van der Waals surface area contributed by atoms with Crippen LogP contribution in [0.5, 0.6) is 11.5 Å². The number of rotatable bonds is 14. The minimum absolute atomic E-state index is 0.0958. The number of anilines is 3. The monoisotopic (exact) mass is 648 g/mol.